The molecule has 5 heteroatoms. The summed E-state index contributed by atoms with van der Waals surface area (Å²) in [6, 6.07) is 2.06. The van der Waals surface area contributed by atoms with E-state index in [0.717, 1.165) is 18.7 Å². The molecule has 76 valence electrons. The summed E-state index contributed by atoms with van der Waals surface area (Å²) in [6.07, 6.45) is 1.85. The zero-order chi connectivity index (χ0) is 10.4. The molecule has 1 heterocycles. The minimum absolute atomic E-state index is 0.367. The smallest absolute Gasteiger partial charge is 0.240 e. The highest BCUT2D eigenvalue weighted by Crippen LogP contribution is 2.02. The summed E-state index contributed by atoms with van der Waals surface area (Å²) in [4.78, 5) is 6.02. The van der Waals surface area contributed by atoms with Gasteiger partial charge in [0.15, 0.2) is 5.82 Å². The van der Waals surface area contributed by atoms with Gasteiger partial charge in [-0.25, -0.2) is 0 Å². The van der Waals surface area contributed by atoms with Crippen LogP contribution in [0.4, 0.5) is 0 Å². The van der Waals surface area contributed by atoms with Crippen molar-refractivity contribution in [2.45, 2.75) is 26.3 Å². The van der Waals surface area contributed by atoms with Gasteiger partial charge in [-0.3, -0.25) is 4.90 Å². The van der Waals surface area contributed by atoms with Crippen LogP contribution in [0, 0.1) is 11.3 Å². The van der Waals surface area contributed by atoms with Gasteiger partial charge in [0.1, 0.15) is 0 Å². The van der Waals surface area contributed by atoms with Crippen LogP contribution in [-0.4, -0.2) is 28.6 Å². The molecule has 0 aromatic carbocycles. The van der Waals surface area contributed by atoms with E-state index >= 15 is 0 Å². The number of hydrogen-bond acceptors (Lipinski definition) is 5. The highest BCUT2D eigenvalue weighted by molar-refractivity contribution is 4.87. The molecule has 0 N–H and O–H groups in total. The third kappa shape index (κ3) is 3.15. The van der Waals surface area contributed by atoms with E-state index in [1.165, 1.54) is 0 Å². The first-order valence-electron chi connectivity index (χ1n) is 4.63. The highest BCUT2D eigenvalue weighted by Gasteiger charge is 2.07. The van der Waals surface area contributed by atoms with Crippen molar-refractivity contribution in [3.05, 3.63) is 11.7 Å². The summed E-state index contributed by atoms with van der Waals surface area (Å²) >= 11 is 0. The molecule has 5 nitrogen and oxygen atoms in total. The third-order valence-electron chi connectivity index (χ3n) is 1.73. The van der Waals surface area contributed by atoms with E-state index in [1.807, 2.05) is 11.9 Å². The predicted octanol–water partition coefficient (Wildman–Crippen LogP) is 0.977. The number of hydrogen-bond donors (Lipinski definition) is 0. The van der Waals surface area contributed by atoms with E-state index in [4.69, 9.17) is 9.78 Å². The van der Waals surface area contributed by atoms with E-state index < -0.39 is 0 Å². The number of nitrogens with zero attached hydrogens (tertiary/aromatic N) is 4. The molecule has 0 aliphatic rings. The molecule has 0 unspecified atom stereocenters. The van der Waals surface area contributed by atoms with E-state index in [2.05, 4.69) is 23.1 Å². The van der Waals surface area contributed by atoms with Gasteiger partial charge in [0, 0.05) is 6.42 Å². The van der Waals surface area contributed by atoms with Gasteiger partial charge in [-0.15, -0.1) is 0 Å². The molecule has 0 aliphatic heterocycles. The van der Waals surface area contributed by atoms with Crippen LogP contribution in [0.2, 0.25) is 0 Å². The Morgan fingerprint density at radius 3 is 3.00 bits per heavy atom. The monoisotopic (exact) mass is 194 g/mol. The van der Waals surface area contributed by atoms with Gasteiger partial charge in [-0.1, -0.05) is 12.1 Å². The Labute approximate surface area is 83.3 Å². The van der Waals surface area contributed by atoms with Gasteiger partial charge in [-0.2, -0.15) is 10.2 Å². The van der Waals surface area contributed by atoms with Crippen molar-refractivity contribution in [3.8, 4) is 6.07 Å². The summed E-state index contributed by atoms with van der Waals surface area (Å²) in [6.45, 7) is 2.97. The Balaban J connectivity index is 2.47. The van der Waals surface area contributed by atoms with Crippen molar-refractivity contribution in [2.24, 2.45) is 0 Å². The number of aromatic nitrogens is 2. The van der Waals surface area contributed by atoms with Gasteiger partial charge < -0.3 is 4.52 Å². The second-order valence-corrected chi connectivity index (χ2v) is 3.18. The summed E-state index contributed by atoms with van der Waals surface area (Å²) in [5, 5.41) is 12.3. The predicted molar refractivity (Wildman–Crippen MR) is 50.2 cm³/mol. The van der Waals surface area contributed by atoms with Crippen molar-refractivity contribution >= 4 is 0 Å². The maximum Gasteiger partial charge on any atom is 0.240 e. The number of rotatable bonds is 5. The van der Waals surface area contributed by atoms with Gasteiger partial charge in [0.25, 0.3) is 0 Å². The first kappa shape index (κ1) is 10.7. The molecule has 0 atom stereocenters. The van der Waals surface area contributed by atoms with Gasteiger partial charge >= 0.3 is 0 Å². The van der Waals surface area contributed by atoms with Crippen LogP contribution in [0.5, 0.6) is 0 Å². The first-order chi connectivity index (χ1) is 6.76. The van der Waals surface area contributed by atoms with Crippen LogP contribution in [0.15, 0.2) is 4.52 Å². The fourth-order valence-corrected chi connectivity index (χ4v) is 1.09. The summed E-state index contributed by atoms with van der Waals surface area (Å²) < 4.78 is 5.02. The van der Waals surface area contributed by atoms with E-state index in [-0.39, 0.29) is 0 Å². The summed E-state index contributed by atoms with van der Waals surface area (Å²) in [7, 11) is 1.84. The van der Waals surface area contributed by atoms with Gasteiger partial charge in [-0.05, 0) is 13.5 Å². The molecule has 1 aromatic heterocycles. The Bertz CT molecular complexity index is 315. The molecule has 0 saturated carbocycles. The van der Waals surface area contributed by atoms with Crippen molar-refractivity contribution < 1.29 is 4.52 Å². The Hall–Kier alpha value is -1.41. The summed E-state index contributed by atoms with van der Waals surface area (Å²) in [5.41, 5.74) is 0. The van der Waals surface area contributed by atoms with Crippen LogP contribution in [0.3, 0.4) is 0 Å². The second-order valence-electron chi connectivity index (χ2n) is 3.18. The zero-order valence-electron chi connectivity index (χ0n) is 8.53. The van der Waals surface area contributed by atoms with Gasteiger partial charge in [0.05, 0.1) is 19.2 Å². The van der Waals surface area contributed by atoms with E-state index in [0.29, 0.717) is 19.0 Å². The molecule has 0 aliphatic carbocycles. The van der Waals surface area contributed by atoms with Crippen LogP contribution < -0.4 is 0 Å². The third-order valence-corrected chi connectivity index (χ3v) is 1.73. The SMILES string of the molecule is CCCc1noc(CN(C)CC#N)n1. The lowest BCUT2D eigenvalue weighted by Crippen LogP contribution is -2.17. The zero-order valence-corrected chi connectivity index (χ0v) is 8.53. The average Bonchev–Trinajstić information content (AvgIpc) is 2.53. The fraction of sp³-hybridized carbons (Fsp3) is 0.667. The van der Waals surface area contributed by atoms with Crippen LogP contribution in [0.25, 0.3) is 0 Å². The fourth-order valence-electron chi connectivity index (χ4n) is 1.09. The Kier molecular flexibility index (Phi) is 4.08. The minimum atomic E-state index is 0.367. The lowest BCUT2D eigenvalue weighted by molar-refractivity contribution is 0.286. The molecule has 0 saturated heterocycles. The molecule has 0 radical (unpaired) electrons. The second kappa shape index (κ2) is 5.35. The van der Waals surface area contributed by atoms with Crippen molar-refractivity contribution in [1.29, 1.82) is 5.26 Å². The van der Waals surface area contributed by atoms with Crippen molar-refractivity contribution in [1.82, 2.24) is 15.0 Å². The van der Waals surface area contributed by atoms with Crippen LogP contribution in [-0.2, 0) is 13.0 Å². The molecular formula is C9H14N4O. The lowest BCUT2D eigenvalue weighted by Gasteiger charge is -2.07. The first-order valence-corrected chi connectivity index (χ1v) is 4.63. The molecular weight excluding hydrogens is 180 g/mol. The van der Waals surface area contributed by atoms with Crippen LogP contribution in [0.1, 0.15) is 25.1 Å². The van der Waals surface area contributed by atoms with Gasteiger partial charge in [0.2, 0.25) is 5.89 Å². The number of nitriles is 1. The highest BCUT2D eigenvalue weighted by atomic mass is 16.5. The molecule has 1 aromatic rings. The molecule has 0 spiro atoms. The molecule has 0 fully saturated rings. The van der Waals surface area contributed by atoms with E-state index in [9.17, 15) is 0 Å². The van der Waals surface area contributed by atoms with Crippen molar-refractivity contribution in [3.63, 3.8) is 0 Å². The van der Waals surface area contributed by atoms with Crippen molar-refractivity contribution in [2.75, 3.05) is 13.6 Å². The Morgan fingerprint density at radius 2 is 2.36 bits per heavy atom. The average molecular weight is 194 g/mol. The molecule has 14 heavy (non-hydrogen) atoms. The topological polar surface area (TPSA) is 66.0 Å². The quantitative estimate of drug-likeness (QED) is 0.653. The maximum atomic E-state index is 8.45. The normalized spacial score (nSPS) is 10.4. The largest absolute Gasteiger partial charge is 0.338 e. The summed E-state index contributed by atoms with van der Waals surface area (Å²) in [5.74, 6) is 1.32. The molecule has 1 rings (SSSR count). The standard InChI is InChI=1S/C9H14N4O/c1-3-4-8-11-9(14-12-8)7-13(2)6-5-10/h3-4,6-7H2,1-2H3. The number of aryl methyl sites for hydroxylation is 1. The maximum absolute atomic E-state index is 8.45. The molecule has 0 bridgehead atoms. The Morgan fingerprint density at radius 1 is 1.57 bits per heavy atom. The minimum Gasteiger partial charge on any atom is -0.338 e. The molecule has 0 amide bonds. The van der Waals surface area contributed by atoms with Crippen LogP contribution >= 0.6 is 0 Å². The lowest BCUT2D eigenvalue weighted by atomic mass is 10.3. The van der Waals surface area contributed by atoms with E-state index in [1.54, 1.807) is 0 Å².